The van der Waals surface area contributed by atoms with E-state index >= 15 is 0 Å². The number of H-pyrrole nitrogens is 1. The molecule has 43 heavy (non-hydrogen) atoms. The standard InChI is InChI=1S/C36H39Cl2N3O2/c1-24-18-25(2)20-28(19-24)36-11-15-41(16-12-36,17-13-36)14-10-27(26-8-9-31(37)32(38)22-26)21-29-23-39-35(40-29)34(42)30-6-4-5-7-33(30)43-3/h4-9,18-20,22-23,27H,10-17,21H2,1-3H3/p+1. The van der Waals surface area contributed by atoms with Gasteiger partial charge in [-0.15, -0.1) is 0 Å². The number of quaternary nitrogens is 1. The molecule has 1 atom stereocenters. The van der Waals surface area contributed by atoms with E-state index in [9.17, 15) is 4.79 Å². The van der Waals surface area contributed by atoms with Crippen LogP contribution >= 0.6 is 23.2 Å². The van der Waals surface area contributed by atoms with Gasteiger partial charge in [-0.25, -0.2) is 4.98 Å². The van der Waals surface area contributed by atoms with E-state index < -0.39 is 0 Å². The van der Waals surface area contributed by atoms with Gasteiger partial charge in [0.2, 0.25) is 5.78 Å². The molecule has 0 amide bonds. The topological polar surface area (TPSA) is 55.0 Å². The quantitative estimate of drug-likeness (QED) is 0.144. The number of halogens is 2. The fraction of sp³-hybridized carbons (Fsp3) is 0.389. The first kappa shape index (κ1) is 29.9. The van der Waals surface area contributed by atoms with Crippen molar-refractivity contribution in [2.45, 2.75) is 57.3 Å². The Morgan fingerprint density at radius 3 is 2.35 bits per heavy atom. The Morgan fingerprint density at radius 1 is 0.977 bits per heavy atom. The number of carbonyl (C=O) groups excluding carboxylic acids is 1. The largest absolute Gasteiger partial charge is 0.496 e. The van der Waals surface area contributed by atoms with Crippen LogP contribution in [0.25, 0.3) is 0 Å². The van der Waals surface area contributed by atoms with Gasteiger partial charge in [0, 0.05) is 43.0 Å². The third-order valence-electron chi connectivity index (χ3n) is 10.1. The molecule has 0 radical (unpaired) electrons. The zero-order valence-electron chi connectivity index (χ0n) is 25.3. The fourth-order valence-electron chi connectivity index (χ4n) is 7.50. The number of ketones is 1. The number of nitrogens with one attached hydrogen (secondary N) is 1. The van der Waals surface area contributed by atoms with Crippen molar-refractivity contribution >= 4 is 29.0 Å². The van der Waals surface area contributed by atoms with Gasteiger partial charge in [0.15, 0.2) is 5.82 Å². The molecule has 3 aromatic carbocycles. The molecule has 7 rings (SSSR count). The van der Waals surface area contributed by atoms with Gasteiger partial charge in [-0.1, -0.05) is 70.7 Å². The summed E-state index contributed by atoms with van der Waals surface area (Å²) in [6, 6.07) is 20.4. The molecule has 3 aliphatic heterocycles. The van der Waals surface area contributed by atoms with Crippen molar-refractivity contribution in [3.63, 3.8) is 0 Å². The van der Waals surface area contributed by atoms with Crippen molar-refractivity contribution in [3.05, 3.63) is 116 Å². The van der Waals surface area contributed by atoms with Crippen molar-refractivity contribution in [3.8, 4) is 5.75 Å². The van der Waals surface area contributed by atoms with Crippen LogP contribution in [0.4, 0.5) is 0 Å². The van der Waals surface area contributed by atoms with Crippen LogP contribution in [0.3, 0.4) is 0 Å². The lowest BCUT2D eigenvalue weighted by Gasteiger charge is -2.55. The smallest absolute Gasteiger partial charge is 0.231 e. The molecule has 7 heteroatoms. The number of nitrogens with zero attached hydrogens (tertiary/aromatic N) is 2. The number of imidazole rings is 1. The lowest BCUT2D eigenvalue weighted by atomic mass is 9.66. The van der Waals surface area contributed by atoms with E-state index in [-0.39, 0.29) is 11.7 Å². The molecule has 1 N–H and O–H groups in total. The average molecular weight is 618 g/mol. The summed E-state index contributed by atoms with van der Waals surface area (Å²) in [7, 11) is 1.57. The number of aromatic nitrogens is 2. The van der Waals surface area contributed by atoms with E-state index in [0.29, 0.717) is 32.6 Å². The third kappa shape index (κ3) is 6.13. The molecule has 3 saturated heterocycles. The molecule has 0 aliphatic carbocycles. The van der Waals surface area contributed by atoms with Crippen molar-refractivity contribution in [2.24, 2.45) is 0 Å². The SMILES string of the molecule is COc1ccccc1C(=O)c1ncc(CC(CC[N+]23CCC(c4cc(C)cc(C)c4)(CC2)CC3)c2ccc(Cl)c(Cl)c2)[nH]1. The van der Waals surface area contributed by atoms with Crippen LogP contribution in [-0.4, -0.2) is 53.5 Å². The highest BCUT2D eigenvalue weighted by Crippen LogP contribution is 2.47. The summed E-state index contributed by atoms with van der Waals surface area (Å²) in [4.78, 5) is 21.0. The monoisotopic (exact) mass is 616 g/mol. The molecule has 1 aromatic heterocycles. The first-order chi connectivity index (χ1) is 20.7. The van der Waals surface area contributed by atoms with E-state index in [1.807, 2.05) is 24.3 Å². The summed E-state index contributed by atoms with van der Waals surface area (Å²) in [6.07, 6.45) is 7.30. The number of para-hydroxylation sites is 1. The summed E-state index contributed by atoms with van der Waals surface area (Å²) in [5.74, 6) is 0.897. The van der Waals surface area contributed by atoms with Crippen molar-refractivity contribution in [1.29, 1.82) is 0 Å². The summed E-state index contributed by atoms with van der Waals surface area (Å²) in [5, 5.41) is 1.13. The number of hydrogen-bond acceptors (Lipinski definition) is 3. The Kier molecular flexibility index (Phi) is 8.43. The van der Waals surface area contributed by atoms with E-state index in [1.165, 1.54) is 60.1 Å². The third-order valence-corrected chi connectivity index (χ3v) is 10.8. The number of ether oxygens (including phenoxy) is 1. The molecule has 0 spiro atoms. The molecule has 3 fully saturated rings. The Labute approximate surface area is 264 Å². The van der Waals surface area contributed by atoms with E-state index in [1.54, 1.807) is 31.0 Å². The predicted molar refractivity (Wildman–Crippen MR) is 174 cm³/mol. The molecule has 4 heterocycles. The minimum absolute atomic E-state index is 0.179. The molecule has 3 aliphatic rings. The highest BCUT2D eigenvalue weighted by Gasteiger charge is 2.49. The van der Waals surface area contributed by atoms with Crippen LogP contribution < -0.4 is 4.74 Å². The number of aromatic amines is 1. The van der Waals surface area contributed by atoms with Crippen LogP contribution in [0, 0.1) is 13.8 Å². The van der Waals surface area contributed by atoms with Gasteiger partial charge in [0.25, 0.3) is 0 Å². The van der Waals surface area contributed by atoms with E-state index in [0.717, 1.165) is 25.1 Å². The number of carbonyl (C=O) groups is 1. The van der Waals surface area contributed by atoms with Gasteiger partial charge >= 0.3 is 0 Å². The minimum Gasteiger partial charge on any atom is -0.496 e. The van der Waals surface area contributed by atoms with E-state index in [4.69, 9.17) is 27.9 Å². The average Bonchev–Trinajstić information content (AvgIpc) is 3.49. The summed E-state index contributed by atoms with van der Waals surface area (Å²) >= 11 is 12.8. The zero-order chi connectivity index (χ0) is 30.2. The van der Waals surface area contributed by atoms with Gasteiger partial charge in [0.05, 0.1) is 48.9 Å². The molecule has 2 bridgehead atoms. The van der Waals surface area contributed by atoms with Crippen molar-refractivity contribution in [1.82, 2.24) is 9.97 Å². The van der Waals surface area contributed by atoms with Crippen molar-refractivity contribution in [2.75, 3.05) is 33.3 Å². The second-order valence-corrected chi connectivity index (χ2v) is 13.6. The van der Waals surface area contributed by atoms with E-state index in [2.05, 4.69) is 48.1 Å². The zero-order valence-corrected chi connectivity index (χ0v) is 26.8. The first-order valence-electron chi connectivity index (χ1n) is 15.3. The second-order valence-electron chi connectivity index (χ2n) is 12.8. The molecule has 0 saturated carbocycles. The number of fused-ring (bicyclic) bond motifs is 3. The van der Waals surface area contributed by atoms with Gasteiger partial charge in [-0.2, -0.15) is 0 Å². The molecule has 5 nitrogen and oxygen atoms in total. The maximum Gasteiger partial charge on any atom is 0.231 e. The van der Waals surface area contributed by atoms with Crippen LogP contribution in [0.1, 0.15) is 75.7 Å². The number of piperidine rings is 3. The number of methoxy groups -OCH3 is 1. The van der Waals surface area contributed by atoms with Crippen LogP contribution in [-0.2, 0) is 11.8 Å². The summed E-state index contributed by atoms with van der Waals surface area (Å²) < 4.78 is 6.59. The Balaban J connectivity index is 1.19. The fourth-order valence-corrected chi connectivity index (χ4v) is 7.81. The van der Waals surface area contributed by atoms with Crippen LogP contribution in [0.15, 0.2) is 66.9 Å². The lowest BCUT2D eigenvalue weighted by Crippen LogP contribution is -2.63. The second kappa shape index (κ2) is 12.1. The Hall–Kier alpha value is -3.12. The van der Waals surface area contributed by atoms with Gasteiger partial charge < -0.3 is 14.2 Å². The number of aryl methyl sites for hydroxylation is 2. The molecule has 224 valence electrons. The lowest BCUT2D eigenvalue weighted by molar-refractivity contribution is -0.943. The van der Waals surface area contributed by atoms with Gasteiger partial charge in [0.1, 0.15) is 5.75 Å². The molecular weight excluding hydrogens is 577 g/mol. The maximum atomic E-state index is 13.3. The van der Waals surface area contributed by atoms with Crippen molar-refractivity contribution < 1.29 is 14.0 Å². The highest BCUT2D eigenvalue weighted by molar-refractivity contribution is 6.42. The van der Waals surface area contributed by atoms with Gasteiger partial charge in [-0.05, 0) is 61.6 Å². The summed E-state index contributed by atoms with van der Waals surface area (Å²) in [6.45, 7) is 9.24. The number of hydrogen-bond donors (Lipinski definition) is 1. The molecule has 1 unspecified atom stereocenters. The summed E-state index contributed by atoms with van der Waals surface area (Å²) in [5.41, 5.74) is 7.22. The predicted octanol–water partition coefficient (Wildman–Crippen LogP) is 8.24. The molecular formula is C36H40Cl2N3O2+. The normalized spacial score (nSPS) is 22.0. The van der Waals surface area contributed by atoms with Crippen LogP contribution in [0.2, 0.25) is 10.0 Å². The Bertz CT molecular complexity index is 1600. The first-order valence-corrected chi connectivity index (χ1v) is 16.1. The maximum absolute atomic E-state index is 13.3. The number of benzene rings is 3. The van der Waals surface area contributed by atoms with Crippen LogP contribution in [0.5, 0.6) is 5.75 Å². The highest BCUT2D eigenvalue weighted by atomic mass is 35.5. The minimum atomic E-state index is -0.179. The molecule has 4 aromatic rings. The van der Waals surface area contributed by atoms with Gasteiger partial charge in [-0.3, -0.25) is 4.79 Å². The Morgan fingerprint density at radius 2 is 1.67 bits per heavy atom. The number of rotatable bonds is 10.